The van der Waals surface area contributed by atoms with Crippen molar-refractivity contribution in [1.82, 2.24) is 0 Å². The van der Waals surface area contributed by atoms with Crippen molar-refractivity contribution in [3.8, 4) is 0 Å². The Morgan fingerprint density at radius 2 is 2.00 bits per heavy atom. The largest absolute Gasteiger partial charge is 0.389 e. The van der Waals surface area contributed by atoms with Crippen LogP contribution in [0.2, 0.25) is 0 Å². The molecule has 1 saturated carbocycles. The Morgan fingerprint density at radius 1 is 1.19 bits per heavy atom. The Bertz CT molecular complexity index is 605. The number of hydrogen-bond donors (Lipinski definition) is 1. The van der Waals surface area contributed by atoms with Crippen molar-refractivity contribution < 1.29 is 9.90 Å². The third kappa shape index (κ3) is 1.72. The monoisotopic (exact) mass is 284 g/mol. The first-order chi connectivity index (χ1) is 9.92. The van der Waals surface area contributed by atoms with E-state index >= 15 is 0 Å². The summed E-state index contributed by atoms with van der Waals surface area (Å²) >= 11 is 0. The number of carbonyl (C=O) groups is 1. The number of aliphatic hydroxyl groups is 1. The molecule has 0 aliphatic heterocycles. The second-order valence-corrected chi connectivity index (χ2v) is 7.75. The van der Waals surface area contributed by atoms with E-state index in [0.29, 0.717) is 24.0 Å². The fourth-order valence-corrected chi connectivity index (χ4v) is 5.24. The molecule has 112 valence electrons. The molecule has 0 amide bonds. The Morgan fingerprint density at radius 3 is 2.81 bits per heavy atom. The summed E-state index contributed by atoms with van der Waals surface area (Å²) in [6.45, 7) is 4.24. The second-order valence-electron chi connectivity index (χ2n) is 7.75. The van der Waals surface area contributed by atoms with Gasteiger partial charge in [-0.25, -0.2) is 0 Å². The van der Waals surface area contributed by atoms with Gasteiger partial charge in [0.15, 0.2) is 5.78 Å². The van der Waals surface area contributed by atoms with Crippen LogP contribution in [0.15, 0.2) is 34.9 Å². The fraction of sp³-hybridized carbons (Fsp3) is 0.632. The molecule has 4 rings (SSSR count). The molecule has 0 aromatic carbocycles. The normalized spacial score (nSPS) is 45.1. The lowest BCUT2D eigenvalue weighted by molar-refractivity contribution is -0.114. The van der Waals surface area contributed by atoms with Gasteiger partial charge in [-0.3, -0.25) is 4.79 Å². The van der Waals surface area contributed by atoms with E-state index in [-0.39, 0.29) is 5.41 Å². The van der Waals surface area contributed by atoms with Crippen LogP contribution in [0, 0.1) is 17.3 Å². The topological polar surface area (TPSA) is 37.3 Å². The summed E-state index contributed by atoms with van der Waals surface area (Å²) in [7, 11) is 0. The maximum Gasteiger partial charge on any atom is 0.156 e. The van der Waals surface area contributed by atoms with Gasteiger partial charge in [0, 0.05) is 11.8 Å². The molecule has 0 heterocycles. The maximum absolute atomic E-state index is 11.6. The Labute approximate surface area is 126 Å². The summed E-state index contributed by atoms with van der Waals surface area (Å²) < 4.78 is 0. The van der Waals surface area contributed by atoms with E-state index in [4.69, 9.17) is 0 Å². The van der Waals surface area contributed by atoms with Crippen molar-refractivity contribution in [3.63, 3.8) is 0 Å². The van der Waals surface area contributed by atoms with Crippen molar-refractivity contribution in [2.45, 2.75) is 58.0 Å². The molecule has 0 saturated heterocycles. The van der Waals surface area contributed by atoms with Crippen molar-refractivity contribution in [3.05, 3.63) is 34.9 Å². The van der Waals surface area contributed by atoms with Gasteiger partial charge in [-0.1, -0.05) is 19.1 Å². The van der Waals surface area contributed by atoms with Crippen LogP contribution in [0.5, 0.6) is 0 Å². The van der Waals surface area contributed by atoms with Crippen LogP contribution >= 0.6 is 0 Å². The van der Waals surface area contributed by atoms with E-state index in [2.05, 4.69) is 19.1 Å². The Hall–Kier alpha value is -1.15. The number of ketones is 1. The number of allylic oxidation sites excluding steroid dienone is 5. The van der Waals surface area contributed by atoms with Crippen molar-refractivity contribution in [2.24, 2.45) is 17.3 Å². The van der Waals surface area contributed by atoms with Crippen molar-refractivity contribution in [2.75, 3.05) is 0 Å². The van der Waals surface area contributed by atoms with Gasteiger partial charge in [-0.2, -0.15) is 0 Å². The standard InChI is InChI=1S/C19H24O2/c1-18-9-7-15-14-6-4-13(20)11-12(14)3-5-16(15)17(18)8-10-19(18,2)21/h7,9,11,16-17,21H,3-6,8,10H2,1-2H3/t16-,17-,18+,19+/m1/s1. The minimum Gasteiger partial charge on any atom is -0.389 e. The third-order valence-corrected chi connectivity index (χ3v) is 6.78. The zero-order valence-electron chi connectivity index (χ0n) is 13.0. The van der Waals surface area contributed by atoms with Gasteiger partial charge < -0.3 is 5.11 Å². The molecule has 1 fully saturated rings. The molecule has 0 radical (unpaired) electrons. The molecule has 4 atom stereocenters. The van der Waals surface area contributed by atoms with Gasteiger partial charge in [0.2, 0.25) is 0 Å². The molecular formula is C19H24O2. The molecular weight excluding hydrogens is 260 g/mol. The predicted molar refractivity (Wildman–Crippen MR) is 82.7 cm³/mol. The first-order valence-corrected chi connectivity index (χ1v) is 8.31. The lowest BCUT2D eigenvalue weighted by atomic mass is 9.58. The highest BCUT2D eigenvalue weighted by atomic mass is 16.3. The lowest BCUT2D eigenvalue weighted by Crippen LogP contribution is -2.45. The van der Waals surface area contributed by atoms with Gasteiger partial charge in [0.25, 0.3) is 0 Å². The summed E-state index contributed by atoms with van der Waals surface area (Å²) in [5.74, 6) is 1.43. The van der Waals surface area contributed by atoms with Crippen molar-refractivity contribution >= 4 is 5.78 Å². The van der Waals surface area contributed by atoms with E-state index in [1.165, 1.54) is 16.7 Å². The molecule has 1 N–H and O–H groups in total. The Kier molecular flexibility index (Phi) is 2.70. The van der Waals surface area contributed by atoms with Crippen LogP contribution in [0.3, 0.4) is 0 Å². The SMILES string of the molecule is C[C@]1(O)CC[C@@H]2[C@@H]3CCC4=CC(=O)CCC4=C3C=C[C@@]21C. The van der Waals surface area contributed by atoms with Crippen LogP contribution in [-0.4, -0.2) is 16.5 Å². The second kappa shape index (κ2) is 4.19. The number of carbonyl (C=O) groups excluding carboxylic acids is 1. The van der Waals surface area contributed by atoms with E-state index in [9.17, 15) is 9.90 Å². The summed E-state index contributed by atoms with van der Waals surface area (Å²) in [4.78, 5) is 11.6. The van der Waals surface area contributed by atoms with Crippen molar-refractivity contribution in [1.29, 1.82) is 0 Å². The van der Waals surface area contributed by atoms with Crippen LogP contribution in [0.4, 0.5) is 0 Å². The molecule has 0 aromatic rings. The van der Waals surface area contributed by atoms with Crippen LogP contribution in [0.25, 0.3) is 0 Å². The highest BCUT2D eigenvalue weighted by Gasteiger charge is 2.56. The third-order valence-electron chi connectivity index (χ3n) is 6.78. The fourth-order valence-electron chi connectivity index (χ4n) is 5.24. The predicted octanol–water partition coefficient (Wildman–Crippen LogP) is 3.72. The minimum atomic E-state index is -0.580. The number of rotatable bonds is 0. The first kappa shape index (κ1) is 13.5. The minimum absolute atomic E-state index is 0.0899. The van der Waals surface area contributed by atoms with E-state index in [0.717, 1.165) is 32.1 Å². The molecule has 2 heteroatoms. The van der Waals surface area contributed by atoms with Gasteiger partial charge in [-0.15, -0.1) is 0 Å². The van der Waals surface area contributed by atoms with E-state index < -0.39 is 5.60 Å². The Balaban J connectivity index is 1.83. The van der Waals surface area contributed by atoms with Gasteiger partial charge in [0.05, 0.1) is 5.60 Å². The smallest absolute Gasteiger partial charge is 0.156 e. The molecule has 0 spiro atoms. The van der Waals surface area contributed by atoms with E-state index in [1.807, 2.05) is 13.0 Å². The summed E-state index contributed by atoms with van der Waals surface area (Å²) in [5.41, 5.74) is 3.53. The van der Waals surface area contributed by atoms with E-state index in [1.54, 1.807) is 0 Å². The summed E-state index contributed by atoms with van der Waals surface area (Å²) in [5, 5.41) is 10.8. The van der Waals surface area contributed by atoms with Gasteiger partial charge >= 0.3 is 0 Å². The van der Waals surface area contributed by atoms with Crippen LogP contribution < -0.4 is 0 Å². The van der Waals surface area contributed by atoms with Gasteiger partial charge in [-0.05, 0) is 73.7 Å². The maximum atomic E-state index is 11.6. The molecule has 2 nitrogen and oxygen atoms in total. The molecule has 0 aromatic heterocycles. The lowest BCUT2D eigenvalue weighted by Gasteiger charge is -2.47. The summed E-state index contributed by atoms with van der Waals surface area (Å²) in [6.07, 6.45) is 12.2. The van der Waals surface area contributed by atoms with Gasteiger partial charge in [0.1, 0.15) is 0 Å². The molecule has 0 unspecified atom stereocenters. The van der Waals surface area contributed by atoms with Crippen LogP contribution in [0.1, 0.15) is 52.4 Å². The number of hydrogen-bond acceptors (Lipinski definition) is 2. The molecule has 21 heavy (non-hydrogen) atoms. The average Bonchev–Trinajstić information content (AvgIpc) is 2.69. The number of fused-ring (bicyclic) bond motifs is 4. The first-order valence-electron chi connectivity index (χ1n) is 8.31. The zero-order valence-corrected chi connectivity index (χ0v) is 13.0. The molecule has 4 aliphatic rings. The molecule has 0 bridgehead atoms. The highest BCUT2D eigenvalue weighted by Crippen LogP contribution is 2.60. The zero-order chi connectivity index (χ0) is 14.8. The highest BCUT2D eigenvalue weighted by molar-refractivity contribution is 5.93. The summed E-state index contributed by atoms with van der Waals surface area (Å²) in [6, 6.07) is 0. The quantitative estimate of drug-likeness (QED) is 0.736. The van der Waals surface area contributed by atoms with Crippen LogP contribution in [-0.2, 0) is 4.79 Å². The average molecular weight is 284 g/mol. The molecule has 4 aliphatic carbocycles.